The third-order valence-corrected chi connectivity index (χ3v) is 3.72. The lowest BCUT2D eigenvalue weighted by Crippen LogP contribution is -2.24. The minimum absolute atomic E-state index is 0.453. The number of hydrogen-bond donors (Lipinski definition) is 0. The molecular formula is C7H14OS. The SMILES string of the molecule is CC1CCS(=O)[C@@H](C)C1. The summed E-state index contributed by atoms with van der Waals surface area (Å²) >= 11 is 0. The fraction of sp³-hybridized carbons (Fsp3) is 1.00. The van der Waals surface area contributed by atoms with E-state index in [0.717, 1.165) is 24.5 Å². The molecule has 0 aromatic carbocycles. The van der Waals surface area contributed by atoms with Crippen molar-refractivity contribution < 1.29 is 4.21 Å². The highest BCUT2D eigenvalue weighted by atomic mass is 32.2. The van der Waals surface area contributed by atoms with Crippen LogP contribution in [0.15, 0.2) is 0 Å². The molecule has 1 aliphatic rings. The van der Waals surface area contributed by atoms with Gasteiger partial charge in [-0.2, -0.15) is 0 Å². The van der Waals surface area contributed by atoms with E-state index in [0.29, 0.717) is 5.25 Å². The van der Waals surface area contributed by atoms with Crippen LogP contribution in [0.2, 0.25) is 0 Å². The van der Waals surface area contributed by atoms with E-state index < -0.39 is 10.8 Å². The Morgan fingerprint density at radius 1 is 1.44 bits per heavy atom. The Morgan fingerprint density at radius 3 is 2.56 bits per heavy atom. The fourth-order valence-corrected chi connectivity index (χ4v) is 2.89. The lowest BCUT2D eigenvalue weighted by Gasteiger charge is -2.22. The van der Waals surface area contributed by atoms with Crippen LogP contribution in [0.4, 0.5) is 0 Å². The highest BCUT2D eigenvalue weighted by Gasteiger charge is 2.20. The maximum Gasteiger partial charge on any atom is 0.0322 e. The van der Waals surface area contributed by atoms with E-state index in [1.54, 1.807) is 0 Å². The fourth-order valence-electron chi connectivity index (χ4n) is 1.31. The van der Waals surface area contributed by atoms with Crippen molar-refractivity contribution in [2.24, 2.45) is 5.92 Å². The van der Waals surface area contributed by atoms with Crippen LogP contribution in [0.1, 0.15) is 26.7 Å². The molecule has 0 N–H and O–H groups in total. The normalized spacial score (nSPS) is 44.9. The van der Waals surface area contributed by atoms with Crippen molar-refractivity contribution in [3.63, 3.8) is 0 Å². The molecule has 0 spiro atoms. The van der Waals surface area contributed by atoms with Crippen LogP contribution in [0.5, 0.6) is 0 Å². The standard InChI is InChI=1S/C7H14OS/c1-6-3-4-9(8)7(2)5-6/h6-7H,3-5H2,1-2H3/t6?,7-,9?/m0/s1. The van der Waals surface area contributed by atoms with E-state index in [9.17, 15) is 4.21 Å². The summed E-state index contributed by atoms with van der Waals surface area (Å²) in [5.74, 6) is 1.74. The second-order valence-corrected chi connectivity index (χ2v) is 5.00. The van der Waals surface area contributed by atoms with Crippen molar-refractivity contribution in [2.75, 3.05) is 5.75 Å². The Balaban J connectivity index is 2.44. The Hall–Kier alpha value is 0.150. The van der Waals surface area contributed by atoms with Gasteiger partial charge in [-0.3, -0.25) is 4.21 Å². The molecule has 1 rings (SSSR count). The molecule has 1 nitrogen and oxygen atoms in total. The Bertz CT molecular complexity index is 122. The molecule has 54 valence electrons. The Kier molecular flexibility index (Phi) is 2.28. The first-order valence-corrected chi connectivity index (χ1v) is 4.95. The largest absolute Gasteiger partial charge is 0.259 e. The summed E-state index contributed by atoms with van der Waals surface area (Å²) in [7, 11) is -0.506. The number of rotatable bonds is 0. The molecule has 1 aliphatic heterocycles. The molecule has 0 aliphatic carbocycles. The molecule has 2 heteroatoms. The third kappa shape index (κ3) is 1.78. The van der Waals surface area contributed by atoms with Gasteiger partial charge < -0.3 is 0 Å². The van der Waals surface area contributed by atoms with Gasteiger partial charge >= 0.3 is 0 Å². The Morgan fingerprint density at radius 2 is 2.11 bits per heavy atom. The van der Waals surface area contributed by atoms with Gasteiger partial charge in [0.2, 0.25) is 0 Å². The average molecular weight is 146 g/mol. The van der Waals surface area contributed by atoms with Crippen molar-refractivity contribution in [1.82, 2.24) is 0 Å². The predicted octanol–water partition coefficient (Wildman–Crippen LogP) is 1.55. The van der Waals surface area contributed by atoms with E-state index in [4.69, 9.17) is 0 Å². The average Bonchev–Trinajstić information content (AvgIpc) is 1.80. The first kappa shape index (κ1) is 7.26. The summed E-state index contributed by atoms with van der Waals surface area (Å²) in [4.78, 5) is 0. The van der Waals surface area contributed by atoms with Gasteiger partial charge in [-0.1, -0.05) is 13.8 Å². The van der Waals surface area contributed by atoms with Gasteiger partial charge in [0.25, 0.3) is 0 Å². The topological polar surface area (TPSA) is 17.1 Å². The zero-order valence-corrected chi connectivity index (χ0v) is 6.91. The van der Waals surface area contributed by atoms with Gasteiger partial charge in [0.1, 0.15) is 0 Å². The van der Waals surface area contributed by atoms with Gasteiger partial charge in [-0.25, -0.2) is 0 Å². The molecule has 2 unspecified atom stereocenters. The second kappa shape index (κ2) is 2.82. The smallest absolute Gasteiger partial charge is 0.0322 e. The molecule has 0 aromatic heterocycles. The summed E-state index contributed by atoms with van der Waals surface area (Å²) < 4.78 is 11.1. The Labute approximate surface area is 59.3 Å². The molecule has 0 radical (unpaired) electrons. The molecule has 0 aromatic rings. The molecule has 0 saturated carbocycles. The molecule has 1 fully saturated rings. The molecule has 0 amide bonds. The van der Waals surface area contributed by atoms with Crippen LogP contribution in [-0.2, 0) is 10.8 Å². The first-order valence-electron chi connectivity index (χ1n) is 3.57. The minimum atomic E-state index is -0.506. The minimum Gasteiger partial charge on any atom is -0.259 e. The van der Waals surface area contributed by atoms with E-state index in [-0.39, 0.29) is 0 Å². The first-order chi connectivity index (χ1) is 4.20. The van der Waals surface area contributed by atoms with E-state index >= 15 is 0 Å². The molecule has 3 atom stereocenters. The van der Waals surface area contributed by atoms with Gasteiger partial charge in [0.05, 0.1) is 0 Å². The van der Waals surface area contributed by atoms with Crippen molar-refractivity contribution in [3.05, 3.63) is 0 Å². The molecule has 1 saturated heterocycles. The molecule has 9 heavy (non-hydrogen) atoms. The zero-order valence-electron chi connectivity index (χ0n) is 6.09. The molecule has 0 bridgehead atoms. The highest BCUT2D eigenvalue weighted by molar-refractivity contribution is 7.85. The van der Waals surface area contributed by atoms with Crippen molar-refractivity contribution in [1.29, 1.82) is 0 Å². The van der Waals surface area contributed by atoms with E-state index in [1.165, 1.54) is 0 Å². The van der Waals surface area contributed by atoms with Gasteiger partial charge in [-0.15, -0.1) is 0 Å². The van der Waals surface area contributed by atoms with E-state index in [1.807, 2.05) is 0 Å². The van der Waals surface area contributed by atoms with Gasteiger partial charge in [0.15, 0.2) is 0 Å². The molecule has 1 heterocycles. The van der Waals surface area contributed by atoms with Crippen LogP contribution in [0, 0.1) is 5.92 Å². The van der Waals surface area contributed by atoms with Crippen molar-refractivity contribution >= 4 is 10.8 Å². The zero-order chi connectivity index (χ0) is 6.85. The molecular weight excluding hydrogens is 132 g/mol. The lowest BCUT2D eigenvalue weighted by atomic mass is 10.0. The van der Waals surface area contributed by atoms with Crippen molar-refractivity contribution in [3.8, 4) is 0 Å². The third-order valence-electron chi connectivity index (χ3n) is 1.99. The monoisotopic (exact) mass is 146 g/mol. The highest BCUT2D eigenvalue weighted by Crippen LogP contribution is 2.20. The van der Waals surface area contributed by atoms with Gasteiger partial charge in [-0.05, 0) is 18.8 Å². The van der Waals surface area contributed by atoms with Crippen LogP contribution >= 0.6 is 0 Å². The quantitative estimate of drug-likeness (QED) is 0.507. The summed E-state index contributed by atoms with van der Waals surface area (Å²) in [5, 5.41) is 0.453. The summed E-state index contributed by atoms with van der Waals surface area (Å²) in [6.07, 6.45) is 2.32. The van der Waals surface area contributed by atoms with Crippen LogP contribution in [-0.4, -0.2) is 15.2 Å². The van der Waals surface area contributed by atoms with E-state index in [2.05, 4.69) is 13.8 Å². The summed E-state index contributed by atoms with van der Waals surface area (Å²) in [6, 6.07) is 0. The lowest BCUT2D eigenvalue weighted by molar-refractivity contribution is 0.489. The predicted molar refractivity (Wildman–Crippen MR) is 40.9 cm³/mol. The van der Waals surface area contributed by atoms with Crippen LogP contribution in [0.3, 0.4) is 0 Å². The maximum atomic E-state index is 11.1. The van der Waals surface area contributed by atoms with Gasteiger partial charge in [0, 0.05) is 21.8 Å². The summed E-state index contributed by atoms with van der Waals surface area (Å²) in [6.45, 7) is 4.33. The second-order valence-electron chi connectivity index (χ2n) is 3.03. The van der Waals surface area contributed by atoms with Crippen LogP contribution < -0.4 is 0 Å². The number of hydrogen-bond acceptors (Lipinski definition) is 1. The van der Waals surface area contributed by atoms with Crippen LogP contribution in [0.25, 0.3) is 0 Å². The van der Waals surface area contributed by atoms with Crippen molar-refractivity contribution in [2.45, 2.75) is 31.9 Å². The maximum absolute atomic E-state index is 11.1. The summed E-state index contributed by atoms with van der Waals surface area (Å²) in [5.41, 5.74) is 0.